The molecule has 0 spiro atoms. The van der Waals surface area contributed by atoms with Crippen molar-refractivity contribution in [2.45, 2.75) is 6.92 Å². The molecular formula is C18H21NO5. The van der Waals surface area contributed by atoms with Crippen LogP contribution < -0.4 is 19.1 Å². The second-order valence-corrected chi connectivity index (χ2v) is 5.05. The molecule has 1 N–H and O–H groups in total. The highest BCUT2D eigenvalue weighted by atomic mass is 16.5. The molecule has 2 aromatic carbocycles. The van der Waals surface area contributed by atoms with Gasteiger partial charge in [0.1, 0.15) is 11.5 Å². The van der Waals surface area contributed by atoms with Crippen molar-refractivity contribution in [3.63, 3.8) is 0 Å². The van der Waals surface area contributed by atoms with Gasteiger partial charge in [-0.15, -0.1) is 0 Å². The molecule has 0 aromatic heterocycles. The number of ether oxygens (including phenoxy) is 3. The SMILES string of the molecule is CCOc1ccc(-c2cc(OC)c(OC)cc2O)c(N(C)C=O)c1. The van der Waals surface area contributed by atoms with E-state index in [-0.39, 0.29) is 5.75 Å². The molecule has 0 fully saturated rings. The molecule has 0 atom stereocenters. The molecule has 0 saturated carbocycles. The van der Waals surface area contributed by atoms with Crippen molar-refractivity contribution >= 4 is 12.1 Å². The Kier molecular flexibility index (Phi) is 5.52. The van der Waals surface area contributed by atoms with Crippen molar-refractivity contribution in [1.82, 2.24) is 0 Å². The molecule has 6 heteroatoms. The van der Waals surface area contributed by atoms with Crippen molar-refractivity contribution in [2.24, 2.45) is 0 Å². The molecule has 0 heterocycles. The number of hydrogen-bond acceptors (Lipinski definition) is 5. The van der Waals surface area contributed by atoms with Gasteiger partial charge in [-0.2, -0.15) is 0 Å². The molecule has 0 radical (unpaired) electrons. The van der Waals surface area contributed by atoms with Crippen LogP contribution in [0.2, 0.25) is 0 Å². The van der Waals surface area contributed by atoms with Gasteiger partial charge in [0.25, 0.3) is 0 Å². The van der Waals surface area contributed by atoms with Crippen molar-refractivity contribution in [1.29, 1.82) is 0 Å². The maximum Gasteiger partial charge on any atom is 0.213 e. The molecule has 6 nitrogen and oxygen atoms in total. The Morgan fingerprint density at radius 2 is 1.75 bits per heavy atom. The third-order valence-electron chi connectivity index (χ3n) is 3.61. The lowest BCUT2D eigenvalue weighted by Gasteiger charge is -2.19. The number of anilines is 1. The van der Waals surface area contributed by atoms with E-state index in [2.05, 4.69) is 0 Å². The average Bonchev–Trinajstić information content (AvgIpc) is 2.61. The average molecular weight is 331 g/mol. The number of phenols is 1. The quantitative estimate of drug-likeness (QED) is 0.790. The first-order chi connectivity index (χ1) is 11.5. The number of carbonyl (C=O) groups is 1. The Balaban J connectivity index is 2.64. The second kappa shape index (κ2) is 7.59. The number of aromatic hydroxyl groups is 1. The van der Waals surface area contributed by atoms with Crippen LogP contribution in [0.4, 0.5) is 5.69 Å². The third-order valence-corrected chi connectivity index (χ3v) is 3.61. The first kappa shape index (κ1) is 17.5. The van der Waals surface area contributed by atoms with Crippen LogP contribution in [0.25, 0.3) is 11.1 Å². The van der Waals surface area contributed by atoms with E-state index in [0.29, 0.717) is 47.1 Å². The predicted molar refractivity (Wildman–Crippen MR) is 92.3 cm³/mol. The molecule has 0 unspecified atom stereocenters. The number of carbonyl (C=O) groups excluding carboxylic acids is 1. The smallest absolute Gasteiger partial charge is 0.213 e. The highest BCUT2D eigenvalue weighted by Crippen LogP contribution is 2.43. The monoisotopic (exact) mass is 331 g/mol. The van der Waals surface area contributed by atoms with E-state index < -0.39 is 0 Å². The number of amides is 1. The molecule has 1 amide bonds. The van der Waals surface area contributed by atoms with Gasteiger partial charge >= 0.3 is 0 Å². The first-order valence-corrected chi connectivity index (χ1v) is 7.46. The largest absolute Gasteiger partial charge is 0.507 e. The van der Waals surface area contributed by atoms with Crippen molar-refractivity contribution in [2.75, 3.05) is 32.8 Å². The Morgan fingerprint density at radius 3 is 2.33 bits per heavy atom. The Morgan fingerprint density at radius 1 is 1.08 bits per heavy atom. The van der Waals surface area contributed by atoms with E-state index >= 15 is 0 Å². The van der Waals surface area contributed by atoms with Gasteiger partial charge < -0.3 is 24.2 Å². The molecule has 0 aliphatic rings. The van der Waals surface area contributed by atoms with Gasteiger partial charge in [0.15, 0.2) is 11.5 Å². The summed E-state index contributed by atoms with van der Waals surface area (Å²) in [5, 5.41) is 10.4. The lowest BCUT2D eigenvalue weighted by Crippen LogP contribution is -2.15. The fourth-order valence-electron chi connectivity index (χ4n) is 2.43. The minimum atomic E-state index is 0.0253. The topological polar surface area (TPSA) is 68.2 Å². The number of benzene rings is 2. The molecule has 0 aliphatic carbocycles. The zero-order valence-corrected chi connectivity index (χ0v) is 14.2. The lowest BCUT2D eigenvalue weighted by atomic mass is 10.0. The summed E-state index contributed by atoms with van der Waals surface area (Å²) in [7, 11) is 4.66. The Bertz CT molecular complexity index is 730. The molecule has 0 bridgehead atoms. The van der Waals surface area contributed by atoms with Crippen LogP contribution in [0.5, 0.6) is 23.0 Å². The van der Waals surface area contributed by atoms with Crippen LogP contribution in [0.15, 0.2) is 30.3 Å². The molecular weight excluding hydrogens is 310 g/mol. The van der Waals surface area contributed by atoms with Crippen molar-refractivity contribution in [3.8, 4) is 34.1 Å². The minimum absolute atomic E-state index is 0.0253. The molecule has 24 heavy (non-hydrogen) atoms. The Labute approximate surface area is 141 Å². The van der Waals surface area contributed by atoms with Crippen LogP contribution >= 0.6 is 0 Å². The summed E-state index contributed by atoms with van der Waals surface area (Å²) in [5.74, 6) is 1.58. The zero-order valence-electron chi connectivity index (χ0n) is 14.2. The van der Waals surface area contributed by atoms with Gasteiger partial charge in [-0.1, -0.05) is 0 Å². The highest BCUT2D eigenvalue weighted by Gasteiger charge is 2.17. The zero-order chi connectivity index (χ0) is 17.7. The first-order valence-electron chi connectivity index (χ1n) is 7.46. The number of hydrogen-bond donors (Lipinski definition) is 1. The summed E-state index contributed by atoms with van der Waals surface area (Å²) < 4.78 is 16.0. The minimum Gasteiger partial charge on any atom is -0.507 e. The summed E-state index contributed by atoms with van der Waals surface area (Å²) in [6.07, 6.45) is 0.701. The van der Waals surface area contributed by atoms with E-state index in [0.717, 1.165) is 0 Å². The molecule has 0 saturated heterocycles. The fraction of sp³-hybridized carbons (Fsp3) is 0.278. The molecule has 128 valence electrons. The maximum absolute atomic E-state index is 11.2. The summed E-state index contributed by atoms with van der Waals surface area (Å²) in [4.78, 5) is 12.7. The van der Waals surface area contributed by atoms with E-state index in [4.69, 9.17) is 14.2 Å². The second-order valence-electron chi connectivity index (χ2n) is 5.05. The Hall–Kier alpha value is -2.89. The van der Waals surface area contributed by atoms with Crippen LogP contribution in [-0.4, -0.2) is 39.4 Å². The molecule has 0 aliphatic heterocycles. The summed E-state index contributed by atoms with van der Waals surface area (Å²) in [6, 6.07) is 8.49. The van der Waals surface area contributed by atoms with Crippen LogP contribution in [-0.2, 0) is 4.79 Å². The van der Waals surface area contributed by atoms with E-state index in [1.54, 1.807) is 31.3 Å². The summed E-state index contributed by atoms with van der Waals surface area (Å²) in [6.45, 7) is 2.41. The maximum atomic E-state index is 11.2. The van der Waals surface area contributed by atoms with Crippen molar-refractivity contribution < 1.29 is 24.1 Å². The van der Waals surface area contributed by atoms with Gasteiger partial charge in [0.05, 0.1) is 26.5 Å². The van der Waals surface area contributed by atoms with Gasteiger partial charge in [-0.05, 0) is 25.1 Å². The third kappa shape index (κ3) is 3.37. The van der Waals surface area contributed by atoms with Crippen LogP contribution in [0.1, 0.15) is 6.92 Å². The van der Waals surface area contributed by atoms with E-state index in [1.165, 1.54) is 25.2 Å². The van der Waals surface area contributed by atoms with Gasteiger partial charge in [0, 0.05) is 30.3 Å². The van der Waals surface area contributed by atoms with Crippen LogP contribution in [0, 0.1) is 0 Å². The predicted octanol–water partition coefficient (Wildman–Crippen LogP) is 3.07. The number of phenolic OH excluding ortho intramolecular Hbond substituents is 1. The standard InChI is InChI=1S/C18H21NO5/c1-5-24-12-6-7-13(15(8-12)19(2)11-20)14-9-17(22-3)18(23-4)10-16(14)21/h6-11,21H,5H2,1-4H3. The summed E-state index contributed by atoms with van der Waals surface area (Å²) in [5.41, 5.74) is 1.81. The summed E-state index contributed by atoms with van der Waals surface area (Å²) >= 11 is 0. The number of methoxy groups -OCH3 is 2. The van der Waals surface area contributed by atoms with E-state index in [9.17, 15) is 9.90 Å². The van der Waals surface area contributed by atoms with Gasteiger partial charge in [-0.3, -0.25) is 4.79 Å². The molecule has 2 rings (SSSR count). The number of rotatable bonds is 7. The lowest BCUT2D eigenvalue weighted by molar-refractivity contribution is -0.107. The van der Waals surface area contributed by atoms with E-state index in [1.807, 2.05) is 6.92 Å². The fourth-order valence-corrected chi connectivity index (χ4v) is 2.43. The highest BCUT2D eigenvalue weighted by molar-refractivity contribution is 5.90. The van der Waals surface area contributed by atoms with Gasteiger partial charge in [0.2, 0.25) is 6.41 Å². The van der Waals surface area contributed by atoms with Crippen LogP contribution in [0.3, 0.4) is 0 Å². The normalized spacial score (nSPS) is 10.2. The van der Waals surface area contributed by atoms with Gasteiger partial charge in [-0.25, -0.2) is 0 Å². The number of nitrogens with zero attached hydrogens (tertiary/aromatic N) is 1. The van der Waals surface area contributed by atoms with Crippen molar-refractivity contribution in [3.05, 3.63) is 30.3 Å². The molecule has 2 aromatic rings.